The Morgan fingerprint density at radius 1 is 1.31 bits per heavy atom. The van der Waals surface area contributed by atoms with E-state index < -0.39 is 0 Å². The minimum absolute atomic E-state index is 0.794. The van der Waals surface area contributed by atoms with Crippen molar-refractivity contribution in [3.05, 3.63) is 45.8 Å². The zero-order valence-electron chi connectivity index (χ0n) is 9.38. The second-order valence-electron chi connectivity index (χ2n) is 3.76. The fraction of sp³-hybridized carbons (Fsp3) is 0.231. The maximum atomic E-state index is 6.07. The molecule has 0 bridgehead atoms. The van der Waals surface area contributed by atoms with E-state index in [0.717, 1.165) is 11.6 Å². The van der Waals surface area contributed by atoms with Crippen molar-refractivity contribution in [3.8, 4) is 10.4 Å². The topological polar surface area (TPSA) is 12.0 Å². The average Bonchev–Trinajstić information content (AvgIpc) is 2.67. The van der Waals surface area contributed by atoms with E-state index in [1.165, 1.54) is 21.6 Å². The Balaban J connectivity index is 2.53. The Kier molecular flexibility index (Phi) is 3.64. The predicted octanol–water partition coefficient (Wildman–Crippen LogP) is 4.10. The molecule has 0 atom stereocenters. The second kappa shape index (κ2) is 5.00. The van der Waals surface area contributed by atoms with E-state index in [9.17, 15) is 0 Å². The Morgan fingerprint density at radius 2 is 2.12 bits per heavy atom. The van der Waals surface area contributed by atoms with Crippen LogP contribution in [0.25, 0.3) is 10.4 Å². The first-order valence-electron chi connectivity index (χ1n) is 5.20. The van der Waals surface area contributed by atoms with E-state index in [-0.39, 0.29) is 0 Å². The van der Waals surface area contributed by atoms with Crippen molar-refractivity contribution in [1.29, 1.82) is 0 Å². The first-order valence-corrected chi connectivity index (χ1v) is 6.45. The van der Waals surface area contributed by atoms with Crippen LogP contribution < -0.4 is 5.32 Å². The fourth-order valence-electron chi connectivity index (χ4n) is 1.75. The van der Waals surface area contributed by atoms with Gasteiger partial charge in [0.1, 0.15) is 0 Å². The molecule has 0 saturated heterocycles. The van der Waals surface area contributed by atoms with Gasteiger partial charge in [0.15, 0.2) is 0 Å². The molecule has 0 aliphatic heterocycles. The highest BCUT2D eigenvalue weighted by atomic mass is 35.5. The average molecular weight is 252 g/mol. The zero-order valence-corrected chi connectivity index (χ0v) is 11.0. The number of hydrogen-bond donors (Lipinski definition) is 1. The van der Waals surface area contributed by atoms with Gasteiger partial charge in [-0.25, -0.2) is 0 Å². The van der Waals surface area contributed by atoms with Crippen molar-refractivity contribution in [2.45, 2.75) is 13.5 Å². The van der Waals surface area contributed by atoms with Crippen LogP contribution in [0, 0.1) is 6.92 Å². The molecule has 0 saturated carbocycles. The van der Waals surface area contributed by atoms with E-state index in [1.54, 1.807) is 11.3 Å². The molecular weight excluding hydrogens is 238 g/mol. The van der Waals surface area contributed by atoms with Gasteiger partial charge < -0.3 is 5.32 Å². The summed E-state index contributed by atoms with van der Waals surface area (Å²) in [4.78, 5) is 1.31. The Bertz CT molecular complexity index is 490. The molecule has 1 N–H and O–H groups in total. The van der Waals surface area contributed by atoms with Gasteiger partial charge in [-0.2, -0.15) is 0 Å². The molecule has 1 nitrogen and oxygen atoms in total. The summed E-state index contributed by atoms with van der Waals surface area (Å²) < 4.78 is 0. The number of nitrogens with one attached hydrogen (secondary N) is 1. The van der Waals surface area contributed by atoms with Crippen LogP contribution in [0.1, 0.15) is 11.1 Å². The van der Waals surface area contributed by atoms with E-state index in [2.05, 4.69) is 29.8 Å². The Labute approximate surface area is 105 Å². The van der Waals surface area contributed by atoms with Gasteiger partial charge >= 0.3 is 0 Å². The first-order chi connectivity index (χ1) is 7.72. The molecule has 1 aromatic carbocycles. The quantitative estimate of drug-likeness (QED) is 0.866. The van der Waals surface area contributed by atoms with Gasteiger partial charge in [0.25, 0.3) is 0 Å². The monoisotopic (exact) mass is 251 g/mol. The summed E-state index contributed by atoms with van der Waals surface area (Å²) in [7, 11) is 1.96. The van der Waals surface area contributed by atoms with Crippen LogP contribution in [0.4, 0.5) is 0 Å². The molecule has 2 rings (SSSR count). The summed E-state index contributed by atoms with van der Waals surface area (Å²) in [5.41, 5.74) is 3.84. The number of rotatable bonds is 3. The molecule has 84 valence electrons. The summed E-state index contributed by atoms with van der Waals surface area (Å²) in [5.74, 6) is 0. The Hall–Kier alpha value is -0.830. The standard InChI is InChI=1S/C13H14ClNS/c1-9-5-6-16-13(9)12-7-11(14)4-3-10(12)8-15-2/h3-7,15H,8H2,1-2H3. The molecule has 3 heteroatoms. The molecule has 1 aromatic heterocycles. The predicted molar refractivity (Wildman–Crippen MR) is 72.3 cm³/mol. The molecule has 0 aliphatic carbocycles. The normalized spacial score (nSPS) is 10.7. The van der Waals surface area contributed by atoms with Crippen molar-refractivity contribution in [2.75, 3.05) is 7.05 Å². The van der Waals surface area contributed by atoms with Crippen LogP contribution in [0.3, 0.4) is 0 Å². The van der Waals surface area contributed by atoms with E-state index in [0.29, 0.717) is 0 Å². The van der Waals surface area contributed by atoms with Gasteiger partial charge in [0, 0.05) is 16.4 Å². The maximum Gasteiger partial charge on any atom is 0.0412 e. The highest BCUT2D eigenvalue weighted by Gasteiger charge is 2.09. The summed E-state index contributed by atoms with van der Waals surface area (Å²) in [6, 6.07) is 8.23. The summed E-state index contributed by atoms with van der Waals surface area (Å²) in [6.45, 7) is 3.00. The highest BCUT2D eigenvalue weighted by Crippen LogP contribution is 2.33. The van der Waals surface area contributed by atoms with Crippen molar-refractivity contribution < 1.29 is 0 Å². The molecule has 0 fully saturated rings. The van der Waals surface area contributed by atoms with Crippen LogP contribution in [0.15, 0.2) is 29.6 Å². The molecule has 0 spiro atoms. The van der Waals surface area contributed by atoms with Crippen LogP contribution in [-0.2, 0) is 6.54 Å². The van der Waals surface area contributed by atoms with E-state index >= 15 is 0 Å². The van der Waals surface area contributed by atoms with Crippen molar-refractivity contribution in [3.63, 3.8) is 0 Å². The van der Waals surface area contributed by atoms with Crippen molar-refractivity contribution >= 4 is 22.9 Å². The van der Waals surface area contributed by atoms with Gasteiger partial charge in [-0.05, 0) is 54.2 Å². The number of benzene rings is 1. The van der Waals surface area contributed by atoms with Crippen LogP contribution >= 0.6 is 22.9 Å². The van der Waals surface area contributed by atoms with Gasteiger partial charge in [-0.3, -0.25) is 0 Å². The van der Waals surface area contributed by atoms with Gasteiger partial charge in [0.05, 0.1) is 0 Å². The maximum absolute atomic E-state index is 6.07. The van der Waals surface area contributed by atoms with Crippen LogP contribution in [-0.4, -0.2) is 7.05 Å². The minimum Gasteiger partial charge on any atom is -0.316 e. The fourth-order valence-corrected chi connectivity index (χ4v) is 2.90. The molecule has 0 amide bonds. The third kappa shape index (κ3) is 2.29. The summed E-state index contributed by atoms with van der Waals surface area (Å²) >= 11 is 7.84. The first kappa shape index (κ1) is 11.6. The van der Waals surface area contributed by atoms with Crippen molar-refractivity contribution in [2.24, 2.45) is 0 Å². The van der Waals surface area contributed by atoms with Gasteiger partial charge in [-0.15, -0.1) is 11.3 Å². The number of aryl methyl sites for hydroxylation is 1. The lowest BCUT2D eigenvalue weighted by Crippen LogP contribution is -2.06. The van der Waals surface area contributed by atoms with E-state index in [4.69, 9.17) is 11.6 Å². The minimum atomic E-state index is 0.794. The third-order valence-electron chi connectivity index (χ3n) is 2.55. The largest absolute Gasteiger partial charge is 0.316 e. The third-order valence-corrected chi connectivity index (χ3v) is 3.83. The lowest BCUT2D eigenvalue weighted by molar-refractivity contribution is 0.819. The smallest absolute Gasteiger partial charge is 0.0412 e. The summed E-state index contributed by atoms with van der Waals surface area (Å²) in [5, 5.41) is 6.10. The lowest BCUT2D eigenvalue weighted by atomic mass is 10.0. The summed E-state index contributed by atoms with van der Waals surface area (Å²) in [6.07, 6.45) is 0. The van der Waals surface area contributed by atoms with Crippen molar-refractivity contribution in [1.82, 2.24) is 5.32 Å². The zero-order chi connectivity index (χ0) is 11.5. The molecule has 0 aliphatic rings. The molecule has 0 radical (unpaired) electrons. The van der Waals surface area contributed by atoms with Crippen LogP contribution in [0.2, 0.25) is 5.02 Å². The lowest BCUT2D eigenvalue weighted by Gasteiger charge is -2.09. The second-order valence-corrected chi connectivity index (χ2v) is 5.12. The number of thiophene rings is 1. The Morgan fingerprint density at radius 3 is 2.75 bits per heavy atom. The molecular formula is C13H14ClNS. The molecule has 0 unspecified atom stereocenters. The molecule has 2 aromatic rings. The number of hydrogen-bond acceptors (Lipinski definition) is 2. The SMILES string of the molecule is CNCc1ccc(Cl)cc1-c1sccc1C. The molecule has 16 heavy (non-hydrogen) atoms. The highest BCUT2D eigenvalue weighted by molar-refractivity contribution is 7.13. The van der Waals surface area contributed by atoms with Gasteiger partial charge in [-0.1, -0.05) is 17.7 Å². The van der Waals surface area contributed by atoms with Crippen LogP contribution in [0.5, 0.6) is 0 Å². The number of halogens is 1. The van der Waals surface area contributed by atoms with Gasteiger partial charge in [0.2, 0.25) is 0 Å². The molecule has 1 heterocycles. The van der Waals surface area contributed by atoms with E-state index in [1.807, 2.05) is 19.2 Å².